The van der Waals surface area contributed by atoms with E-state index in [9.17, 15) is 4.79 Å². The standard InChI is InChI=1S/C12H25N3O/c1-4-15(9-12(2,3)8-13)7-11(16)14-10-5-6-10/h10H,4-9,13H2,1-3H3,(H,14,16). The van der Waals surface area contributed by atoms with E-state index in [2.05, 4.69) is 31.0 Å². The van der Waals surface area contributed by atoms with Crippen molar-refractivity contribution in [1.82, 2.24) is 10.2 Å². The molecule has 0 radical (unpaired) electrons. The minimum atomic E-state index is 0.0792. The quantitative estimate of drug-likeness (QED) is 0.668. The number of nitrogens with two attached hydrogens (primary N) is 1. The Kier molecular flexibility index (Phi) is 4.74. The molecule has 0 aliphatic heterocycles. The first kappa shape index (κ1) is 13.5. The highest BCUT2D eigenvalue weighted by molar-refractivity contribution is 5.78. The van der Waals surface area contributed by atoms with Crippen molar-refractivity contribution in [2.24, 2.45) is 11.1 Å². The van der Waals surface area contributed by atoms with E-state index in [0.717, 1.165) is 25.9 Å². The zero-order chi connectivity index (χ0) is 12.2. The highest BCUT2D eigenvalue weighted by Gasteiger charge is 2.25. The maximum absolute atomic E-state index is 11.7. The maximum Gasteiger partial charge on any atom is 0.234 e. The van der Waals surface area contributed by atoms with Gasteiger partial charge >= 0.3 is 0 Å². The molecular weight excluding hydrogens is 202 g/mol. The number of carbonyl (C=O) groups is 1. The van der Waals surface area contributed by atoms with Gasteiger partial charge in [0.05, 0.1) is 6.54 Å². The summed E-state index contributed by atoms with van der Waals surface area (Å²) < 4.78 is 0. The minimum absolute atomic E-state index is 0.0792. The van der Waals surface area contributed by atoms with Crippen LogP contribution in [0.1, 0.15) is 33.6 Å². The Morgan fingerprint density at radius 3 is 2.56 bits per heavy atom. The molecule has 94 valence electrons. The summed E-state index contributed by atoms with van der Waals surface area (Å²) in [6, 6.07) is 0.453. The van der Waals surface area contributed by atoms with Crippen LogP contribution in [0.15, 0.2) is 0 Å². The van der Waals surface area contributed by atoms with Crippen LogP contribution in [0.2, 0.25) is 0 Å². The number of likely N-dealkylation sites (N-methyl/N-ethyl adjacent to an activating group) is 1. The van der Waals surface area contributed by atoms with Crippen molar-refractivity contribution in [1.29, 1.82) is 0 Å². The van der Waals surface area contributed by atoms with E-state index in [-0.39, 0.29) is 11.3 Å². The Labute approximate surface area is 98.6 Å². The van der Waals surface area contributed by atoms with E-state index in [4.69, 9.17) is 5.73 Å². The molecule has 16 heavy (non-hydrogen) atoms. The molecule has 1 aliphatic rings. The summed E-state index contributed by atoms with van der Waals surface area (Å²) >= 11 is 0. The smallest absolute Gasteiger partial charge is 0.234 e. The van der Waals surface area contributed by atoms with Crippen molar-refractivity contribution in [2.45, 2.75) is 39.7 Å². The predicted octanol–water partition coefficient (Wildman–Crippen LogP) is 0.572. The molecule has 0 atom stereocenters. The summed E-state index contributed by atoms with van der Waals surface area (Å²) in [6.45, 7) is 9.25. The largest absolute Gasteiger partial charge is 0.352 e. The van der Waals surface area contributed by atoms with Crippen LogP contribution in [0.4, 0.5) is 0 Å². The van der Waals surface area contributed by atoms with Gasteiger partial charge in [0, 0.05) is 12.6 Å². The zero-order valence-corrected chi connectivity index (χ0v) is 10.8. The van der Waals surface area contributed by atoms with Gasteiger partial charge in [0.25, 0.3) is 0 Å². The molecular formula is C12H25N3O. The lowest BCUT2D eigenvalue weighted by Crippen LogP contribution is -2.44. The Morgan fingerprint density at radius 1 is 1.50 bits per heavy atom. The molecule has 0 aromatic rings. The van der Waals surface area contributed by atoms with Crippen LogP contribution in [0.25, 0.3) is 0 Å². The molecule has 0 unspecified atom stereocenters. The van der Waals surface area contributed by atoms with Gasteiger partial charge in [0.2, 0.25) is 5.91 Å². The molecule has 4 nitrogen and oxygen atoms in total. The van der Waals surface area contributed by atoms with Crippen molar-refractivity contribution < 1.29 is 4.79 Å². The average Bonchev–Trinajstić information content (AvgIpc) is 3.00. The minimum Gasteiger partial charge on any atom is -0.352 e. The summed E-state index contributed by atoms with van der Waals surface area (Å²) in [5, 5.41) is 3.01. The molecule has 1 saturated carbocycles. The number of carbonyl (C=O) groups excluding carboxylic acids is 1. The van der Waals surface area contributed by atoms with E-state index in [1.807, 2.05) is 0 Å². The Balaban J connectivity index is 2.32. The number of hydrogen-bond acceptors (Lipinski definition) is 3. The third kappa shape index (κ3) is 4.94. The van der Waals surface area contributed by atoms with Gasteiger partial charge in [-0.1, -0.05) is 20.8 Å². The summed E-state index contributed by atoms with van der Waals surface area (Å²) in [7, 11) is 0. The fourth-order valence-electron chi connectivity index (χ4n) is 1.65. The first-order valence-corrected chi connectivity index (χ1v) is 6.18. The average molecular weight is 227 g/mol. The van der Waals surface area contributed by atoms with Gasteiger partial charge < -0.3 is 11.1 Å². The monoisotopic (exact) mass is 227 g/mol. The van der Waals surface area contributed by atoms with E-state index in [1.54, 1.807) is 0 Å². The van der Waals surface area contributed by atoms with Gasteiger partial charge in [0.15, 0.2) is 0 Å². The normalized spacial score (nSPS) is 16.6. The van der Waals surface area contributed by atoms with E-state index in [0.29, 0.717) is 19.1 Å². The summed E-state index contributed by atoms with van der Waals surface area (Å²) in [5.74, 6) is 0.150. The van der Waals surface area contributed by atoms with Crippen LogP contribution >= 0.6 is 0 Å². The Morgan fingerprint density at radius 2 is 2.12 bits per heavy atom. The second-order valence-electron chi connectivity index (χ2n) is 5.51. The van der Waals surface area contributed by atoms with Gasteiger partial charge in [0.1, 0.15) is 0 Å². The second kappa shape index (κ2) is 5.64. The Hall–Kier alpha value is -0.610. The van der Waals surface area contributed by atoms with E-state index in [1.165, 1.54) is 0 Å². The molecule has 1 amide bonds. The molecule has 1 aliphatic carbocycles. The molecule has 0 spiro atoms. The highest BCUT2D eigenvalue weighted by Crippen LogP contribution is 2.18. The lowest BCUT2D eigenvalue weighted by atomic mass is 9.93. The van der Waals surface area contributed by atoms with Crippen LogP contribution in [0.3, 0.4) is 0 Å². The molecule has 4 heteroatoms. The van der Waals surface area contributed by atoms with Crippen molar-refractivity contribution in [2.75, 3.05) is 26.2 Å². The third-order valence-electron chi connectivity index (χ3n) is 2.96. The number of hydrogen-bond donors (Lipinski definition) is 2. The van der Waals surface area contributed by atoms with Crippen LogP contribution in [-0.4, -0.2) is 43.0 Å². The lowest BCUT2D eigenvalue weighted by molar-refractivity contribution is -0.122. The van der Waals surface area contributed by atoms with Gasteiger partial charge in [-0.2, -0.15) is 0 Å². The molecule has 0 aromatic carbocycles. The fraction of sp³-hybridized carbons (Fsp3) is 0.917. The van der Waals surface area contributed by atoms with Crippen LogP contribution in [0.5, 0.6) is 0 Å². The van der Waals surface area contributed by atoms with Crippen molar-refractivity contribution in [3.8, 4) is 0 Å². The number of rotatable bonds is 7. The number of nitrogens with zero attached hydrogens (tertiary/aromatic N) is 1. The number of amides is 1. The molecule has 0 saturated heterocycles. The van der Waals surface area contributed by atoms with Gasteiger partial charge in [-0.15, -0.1) is 0 Å². The highest BCUT2D eigenvalue weighted by atomic mass is 16.2. The lowest BCUT2D eigenvalue weighted by Gasteiger charge is -2.30. The van der Waals surface area contributed by atoms with Crippen LogP contribution in [0, 0.1) is 5.41 Å². The van der Waals surface area contributed by atoms with Gasteiger partial charge in [-0.25, -0.2) is 0 Å². The SMILES string of the molecule is CCN(CC(=O)NC1CC1)CC(C)(C)CN. The summed E-state index contributed by atoms with van der Waals surface area (Å²) in [4.78, 5) is 13.8. The topological polar surface area (TPSA) is 58.4 Å². The predicted molar refractivity (Wildman–Crippen MR) is 66.1 cm³/mol. The molecule has 1 rings (SSSR count). The second-order valence-corrected chi connectivity index (χ2v) is 5.51. The van der Waals surface area contributed by atoms with Crippen molar-refractivity contribution >= 4 is 5.91 Å². The van der Waals surface area contributed by atoms with Gasteiger partial charge in [-0.3, -0.25) is 9.69 Å². The molecule has 0 aromatic heterocycles. The van der Waals surface area contributed by atoms with Gasteiger partial charge in [-0.05, 0) is 31.3 Å². The summed E-state index contributed by atoms with van der Waals surface area (Å²) in [5.41, 5.74) is 5.78. The Bertz CT molecular complexity index is 236. The first-order chi connectivity index (χ1) is 7.46. The molecule has 0 heterocycles. The van der Waals surface area contributed by atoms with E-state index >= 15 is 0 Å². The van der Waals surface area contributed by atoms with Crippen molar-refractivity contribution in [3.05, 3.63) is 0 Å². The molecule has 3 N–H and O–H groups in total. The third-order valence-corrected chi connectivity index (χ3v) is 2.96. The first-order valence-electron chi connectivity index (χ1n) is 6.18. The maximum atomic E-state index is 11.7. The van der Waals surface area contributed by atoms with E-state index < -0.39 is 0 Å². The molecule has 1 fully saturated rings. The number of nitrogens with one attached hydrogen (secondary N) is 1. The van der Waals surface area contributed by atoms with Crippen LogP contribution < -0.4 is 11.1 Å². The van der Waals surface area contributed by atoms with Crippen molar-refractivity contribution in [3.63, 3.8) is 0 Å². The summed E-state index contributed by atoms with van der Waals surface area (Å²) in [6.07, 6.45) is 2.29. The fourth-order valence-corrected chi connectivity index (χ4v) is 1.65. The zero-order valence-electron chi connectivity index (χ0n) is 10.8. The molecule has 0 bridgehead atoms. The van der Waals surface area contributed by atoms with Crippen LogP contribution in [-0.2, 0) is 4.79 Å².